The normalized spacial score (nSPS) is 10.9. The third-order valence-corrected chi connectivity index (χ3v) is 4.63. The second-order valence-electron chi connectivity index (χ2n) is 6.73. The highest BCUT2D eigenvalue weighted by molar-refractivity contribution is 5.94. The molecule has 0 unspecified atom stereocenters. The van der Waals surface area contributed by atoms with Crippen LogP contribution in [-0.2, 0) is 35.0 Å². The highest BCUT2D eigenvalue weighted by atomic mass is 16.5. The minimum absolute atomic E-state index is 0.103. The molecule has 3 aromatic rings. The molecule has 0 bridgehead atoms. The summed E-state index contributed by atoms with van der Waals surface area (Å²) in [4.78, 5) is 52.6. The molecule has 2 heterocycles. The van der Waals surface area contributed by atoms with Gasteiger partial charge in [-0.3, -0.25) is 23.5 Å². The molecule has 0 radical (unpaired) electrons. The van der Waals surface area contributed by atoms with Crippen LogP contribution in [0.25, 0.3) is 11.2 Å². The van der Waals surface area contributed by atoms with E-state index in [4.69, 9.17) is 4.74 Å². The largest absolute Gasteiger partial charge is 0.454 e. The summed E-state index contributed by atoms with van der Waals surface area (Å²) in [6.45, 7) is 2.95. The summed E-state index contributed by atoms with van der Waals surface area (Å²) in [6.07, 6.45) is 1.28. The lowest BCUT2D eigenvalue weighted by molar-refractivity contribution is -0.147. The van der Waals surface area contributed by atoms with Crippen molar-refractivity contribution in [3.8, 4) is 0 Å². The molecule has 0 aliphatic rings. The lowest BCUT2D eigenvalue weighted by Gasteiger charge is -2.12. The summed E-state index contributed by atoms with van der Waals surface area (Å²) in [6, 6.07) is 5.62. The topological polar surface area (TPSA) is 117 Å². The molecule has 0 saturated carbocycles. The second-order valence-corrected chi connectivity index (χ2v) is 6.73. The van der Waals surface area contributed by atoms with Crippen LogP contribution >= 0.6 is 0 Å². The fraction of sp³-hybridized carbons (Fsp3) is 0.316. The first-order valence-corrected chi connectivity index (χ1v) is 8.83. The third-order valence-electron chi connectivity index (χ3n) is 4.63. The zero-order chi connectivity index (χ0) is 21.3. The number of anilines is 1. The molecule has 2 aromatic heterocycles. The van der Waals surface area contributed by atoms with E-state index in [1.807, 2.05) is 32.0 Å². The average Bonchev–Trinajstić information content (AvgIpc) is 3.09. The van der Waals surface area contributed by atoms with E-state index < -0.39 is 29.7 Å². The number of fused-ring (bicyclic) bond motifs is 1. The van der Waals surface area contributed by atoms with E-state index in [-0.39, 0.29) is 17.7 Å². The van der Waals surface area contributed by atoms with Crippen molar-refractivity contribution in [3.05, 3.63) is 56.5 Å². The highest BCUT2D eigenvalue weighted by Gasteiger charge is 2.17. The van der Waals surface area contributed by atoms with Crippen LogP contribution in [0.15, 0.2) is 34.1 Å². The number of imidazole rings is 1. The molecule has 0 fully saturated rings. The average molecular weight is 399 g/mol. The number of aryl methyl sites for hydroxylation is 3. The summed E-state index contributed by atoms with van der Waals surface area (Å²) in [7, 11) is 2.83. The maximum Gasteiger partial charge on any atom is 0.332 e. The maximum absolute atomic E-state index is 12.4. The molecule has 0 aliphatic carbocycles. The summed E-state index contributed by atoms with van der Waals surface area (Å²) in [5.74, 6) is -1.18. The number of aromatic nitrogens is 4. The number of rotatable bonds is 5. The van der Waals surface area contributed by atoms with Crippen molar-refractivity contribution < 1.29 is 14.3 Å². The second kappa shape index (κ2) is 7.74. The first kappa shape index (κ1) is 20.1. The fourth-order valence-electron chi connectivity index (χ4n) is 3.03. The standard InChI is InChI=1S/C19H21N5O5/c1-11-6-5-7-12(2)15(11)21-13(25)9-29-14(26)8-24-10-20-17-16(24)18(27)23(4)19(28)22(17)3/h5-7,10H,8-9H2,1-4H3,(H,21,25). The van der Waals surface area contributed by atoms with Gasteiger partial charge in [0.15, 0.2) is 17.8 Å². The van der Waals surface area contributed by atoms with Gasteiger partial charge in [0.1, 0.15) is 6.54 Å². The molecule has 1 amide bonds. The Bertz CT molecular complexity index is 1210. The molecule has 0 saturated heterocycles. The Balaban J connectivity index is 1.70. The maximum atomic E-state index is 12.4. The Morgan fingerprint density at radius 1 is 1.10 bits per heavy atom. The lowest BCUT2D eigenvalue weighted by atomic mass is 10.1. The number of hydrogen-bond acceptors (Lipinski definition) is 6. The smallest absolute Gasteiger partial charge is 0.332 e. The van der Waals surface area contributed by atoms with Crippen molar-refractivity contribution in [1.82, 2.24) is 18.7 Å². The molecule has 10 nitrogen and oxygen atoms in total. The van der Waals surface area contributed by atoms with Crippen molar-refractivity contribution in [2.75, 3.05) is 11.9 Å². The predicted octanol–water partition coefficient (Wildman–Crippen LogP) is 0.232. The van der Waals surface area contributed by atoms with E-state index in [9.17, 15) is 19.2 Å². The van der Waals surface area contributed by atoms with Gasteiger partial charge in [0.2, 0.25) is 0 Å². The molecule has 1 aromatic carbocycles. The van der Waals surface area contributed by atoms with Gasteiger partial charge in [0, 0.05) is 19.8 Å². The van der Waals surface area contributed by atoms with E-state index in [0.29, 0.717) is 5.69 Å². The number of esters is 1. The zero-order valence-corrected chi connectivity index (χ0v) is 16.6. The summed E-state index contributed by atoms with van der Waals surface area (Å²) in [5.41, 5.74) is 1.66. The minimum Gasteiger partial charge on any atom is -0.454 e. The number of hydrogen-bond donors (Lipinski definition) is 1. The van der Waals surface area contributed by atoms with Crippen LogP contribution in [0, 0.1) is 13.8 Å². The fourth-order valence-corrected chi connectivity index (χ4v) is 3.03. The van der Waals surface area contributed by atoms with Crippen molar-refractivity contribution in [1.29, 1.82) is 0 Å². The van der Waals surface area contributed by atoms with Gasteiger partial charge in [-0.25, -0.2) is 9.78 Å². The van der Waals surface area contributed by atoms with Crippen LogP contribution < -0.4 is 16.6 Å². The number of ether oxygens (including phenoxy) is 1. The number of carbonyl (C=O) groups excluding carboxylic acids is 2. The van der Waals surface area contributed by atoms with Crippen molar-refractivity contribution in [2.45, 2.75) is 20.4 Å². The Labute approximate surface area is 165 Å². The first-order valence-electron chi connectivity index (χ1n) is 8.83. The monoisotopic (exact) mass is 399 g/mol. The van der Waals surface area contributed by atoms with Crippen molar-refractivity contribution >= 4 is 28.7 Å². The SMILES string of the molecule is Cc1cccc(C)c1NC(=O)COC(=O)Cn1cnc2c1c(=O)n(C)c(=O)n2C. The summed E-state index contributed by atoms with van der Waals surface area (Å²) in [5, 5.41) is 2.73. The predicted molar refractivity (Wildman–Crippen MR) is 106 cm³/mol. The van der Waals surface area contributed by atoms with E-state index >= 15 is 0 Å². The molecular formula is C19H21N5O5. The Kier molecular flexibility index (Phi) is 5.35. The lowest BCUT2D eigenvalue weighted by Crippen LogP contribution is -2.37. The van der Waals surface area contributed by atoms with Crippen molar-refractivity contribution in [3.63, 3.8) is 0 Å². The van der Waals surface area contributed by atoms with Crippen LogP contribution in [0.5, 0.6) is 0 Å². The molecule has 0 spiro atoms. The number of nitrogens with zero attached hydrogens (tertiary/aromatic N) is 4. The highest BCUT2D eigenvalue weighted by Crippen LogP contribution is 2.19. The van der Waals surface area contributed by atoms with Crippen LogP contribution in [0.2, 0.25) is 0 Å². The van der Waals surface area contributed by atoms with E-state index in [1.54, 1.807) is 0 Å². The Morgan fingerprint density at radius 3 is 2.41 bits per heavy atom. The van der Waals surface area contributed by atoms with Gasteiger partial charge in [-0.15, -0.1) is 0 Å². The summed E-state index contributed by atoms with van der Waals surface area (Å²) < 4.78 is 8.47. The Morgan fingerprint density at radius 2 is 1.76 bits per heavy atom. The third kappa shape index (κ3) is 3.82. The Hall–Kier alpha value is -3.69. The van der Waals surface area contributed by atoms with Gasteiger partial charge in [-0.05, 0) is 25.0 Å². The summed E-state index contributed by atoms with van der Waals surface area (Å²) >= 11 is 0. The van der Waals surface area contributed by atoms with E-state index in [0.717, 1.165) is 15.7 Å². The molecule has 29 heavy (non-hydrogen) atoms. The number of carbonyl (C=O) groups is 2. The molecule has 152 valence electrons. The van der Waals surface area contributed by atoms with Crippen LogP contribution in [0.4, 0.5) is 5.69 Å². The quantitative estimate of drug-likeness (QED) is 0.614. The van der Waals surface area contributed by atoms with E-state index in [1.165, 1.54) is 29.6 Å². The van der Waals surface area contributed by atoms with Crippen molar-refractivity contribution in [2.24, 2.45) is 14.1 Å². The van der Waals surface area contributed by atoms with Crippen LogP contribution in [0.3, 0.4) is 0 Å². The van der Waals surface area contributed by atoms with Crippen LogP contribution in [0.1, 0.15) is 11.1 Å². The molecule has 0 atom stereocenters. The van der Waals surface area contributed by atoms with Gasteiger partial charge < -0.3 is 14.6 Å². The molecule has 10 heteroatoms. The van der Waals surface area contributed by atoms with Gasteiger partial charge in [0.25, 0.3) is 11.5 Å². The minimum atomic E-state index is -0.711. The first-order chi connectivity index (χ1) is 13.7. The zero-order valence-electron chi connectivity index (χ0n) is 16.6. The molecular weight excluding hydrogens is 378 g/mol. The van der Waals surface area contributed by atoms with Gasteiger partial charge >= 0.3 is 11.7 Å². The van der Waals surface area contributed by atoms with Gasteiger partial charge in [-0.2, -0.15) is 0 Å². The number of nitrogens with one attached hydrogen (secondary N) is 1. The number of amides is 1. The molecule has 3 rings (SSSR count). The number of para-hydroxylation sites is 1. The number of benzene rings is 1. The van der Waals surface area contributed by atoms with Gasteiger partial charge in [-0.1, -0.05) is 18.2 Å². The van der Waals surface area contributed by atoms with Gasteiger partial charge in [0.05, 0.1) is 6.33 Å². The molecule has 1 N–H and O–H groups in total. The molecule has 0 aliphatic heterocycles. The van der Waals surface area contributed by atoms with E-state index in [2.05, 4.69) is 10.3 Å². The van der Waals surface area contributed by atoms with Crippen LogP contribution in [-0.4, -0.2) is 37.2 Å².